The van der Waals surface area contributed by atoms with Crippen LogP contribution in [0.5, 0.6) is 11.5 Å². The lowest BCUT2D eigenvalue weighted by Gasteiger charge is -2.24. The predicted molar refractivity (Wildman–Crippen MR) is 190 cm³/mol. The van der Waals surface area contributed by atoms with Gasteiger partial charge >= 0.3 is 0 Å². The van der Waals surface area contributed by atoms with E-state index in [9.17, 15) is 0 Å². The van der Waals surface area contributed by atoms with Crippen LogP contribution >= 0.6 is 0 Å². The topological polar surface area (TPSA) is 44.9 Å². The number of pyridine rings is 1. The highest BCUT2D eigenvalue weighted by Gasteiger charge is 2.33. The van der Waals surface area contributed by atoms with Crippen LogP contribution in [0.2, 0.25) is 0 Å². The molecular formula is C41H40N4O. The summed E-state index contributed by atoms with van der Waals surface area (Å²) in [6.07, 6.45) is 1.87. The van der Waals surface area contributed by atoms with Gasteiger partial charge in [0.05, 0.1) is 28.1 Å². The van der Waals surface area contributed by atoms with Gasteiger partial charge < -0.3 is 4.74 Å². The van der Waals surface area contributed by atoms with Crippen molar-refractivity contribution < 1.29 is 4.74 Å². The number of benzene rings is 4. The molecule has 3 heterocycles. The smallest absolute Gasteiger partial charge is 0.137 e. The fraction of sp³-hybridized carbons (Fsp3) is 0.220. The normalized spacial score (nSPS) is 12.2. The summed E-state index contributed by atoms with van der Waals surface area (Å²) in [6, 6.07) is 37.8. The number of hydrogen-bond donors (Lipinski definition) is 0. The van der Waals surface area contributed by atoms with E-state index in [0.29, 0.717) is 0 Å². The van der Waals surface area contributed by atoms with Gasteiger partial charge in [-0.05, 0) is 60.5 Å². The van der Waals surface area contributed by atoms with E-state index in [1.54, 1.807) is 0 Å². The highest BCUT2D eigenvalue weighted by molar-refractivity contribution is 6.09. The number of nitrogens with zero attached hydrogens (tertiary/aromatic N) is 4. The summed E-state index contributed by atoms with van der Waals surface area (Å²) in [4.78, 5) is 4.73. The van der Waals surface area contributed by atoms with Gasteiger partial charge in [-0.3, -0.25) is 4.57 Å². The van der Waals surface area contributed by atoms with Gasteiger partial charge in [-0.15, -0.1) is 0 Å². The maximum absolute atomic E-state index is 6.60. The molecule has 0 aliphatic heterocycles. The zero-order chi connectivity index (χ0) is 32.2. The maximum atomic E-state index is 6.60. The molecule has 0 amide bonds. The second kappa shape index (κ2) is 11.0. The molecule has 0 fully saturated rings. The van der Waals surface area contributed by atoms with Crippen molar-refractivity contribution in [2.45, 2.75) is 59.3 Å². The molecule has 0 spiro atoms. The third-order valence-electron chi connectivity index (χ3n) is 8.44. The van der Waals surface area contributed by atoms with Crippen molar-refractivity contribution in [1.82, 2.24) is 19.3 Å². The zero-order valence-corrected chi connectivity index (χ0v) is 27.7. The molecular weight excluding hydrogens is 564 g/mol. The molecule has 46 heavy (non-hydrogen) atoms. The highest BCUT2D eigenvalue weighted by Crippen LogP contribution is 2.42. The largest absolute Gasteiger partial charge is 0.457 e. The van der Waals surface area contributed by atoms with Gasteiger partial charge in [0, 0.05) is 45.5 Å². The molecule has 0 atom stereocenters. The Labute approximate surface area is 271 Å². The fourth-order valence-corrected chi connectivity index (χ4v) is 6.42. The third kappa shape index (κ3) is 5.26. The van der Waals surface area contributed by atoms with E-state index in [-0.39, 0.29) is 10.8 Å². The molecule has 7 rings (SSSR count). The third-order valence-corrected chi connectivity index (χ3v) is 8.44. The lowest BCUT2D eigenvalue weighted by atomic mass is 9.81. The molecule has 0 saturated carbocycles. The Morgan fingerprint density at radius 2 is 1.35 bits per heavy atom. The van der Waals surface area contributed by atoms with E-state index >= 15 is 0 Å². The van der Waals surface area contributed by atoms with Crippen molar-refractivity contribution in [1.29, 1.82) is 0 Å². The molecule has 0 saturated heterocycles. The van der Waals surface area contributed by atoms with E-state index in [1.807, 2.05) is 24.4 Å². The standard InChI is InChI=1S/C41H40N4O/c1-27-22-23-42-36(24-27)44-34-19-12-11-18-32(34)33-21-20-31(26-35(33)44)46-30-17-13-16-29(25-30)45-39(41(5,6)7)37(28-14-9-8-10-15-28)38(43-45)40(2,3)4/h8-26H,1-7H3. The van der Waals surface area contributed by atoms with Crippen LogP contribution in [0.25, 0.3) is 44.4 Å². The quantitative estimate of drug-likeness (QED) is 0.196. The summed E-state index contributed by atoms with van der Waals surface area (Å²) < 4.78 is 10.9. The summed E-state index contributed by atoms with van der Waals surface area (Å²) >= 11 is 0. The summed E-state index contributed by atoms with van der Waals surface area (Å²) in [5.74, 6) is 2.41. The second-order valence-electron chi connectivity index (χ2n) is 14.2. The van der Waals surface area contributed by atoms with Crippen molar-refractivity contribution in [2.75, 3.05) is 0 Å². The Morgan fingerprint density at radius 3 is 2.09 bits per heavy atom. The van der Waals surface area contributed by atoms with Gasteiger partial charge in [0.2, 0.25) is 0 Å². The van der Waals surface area contributed by atoms with Crippen LogP contribution in [0.4, 0.5) is 0 Å². The minimum Gasteiger partial charge on any atom is -0.457 e. The molecule has 0 aliphatic rings. The molecule has 0 N–H and O–H groups in total. The average molecular weight is 605 g/mol. The van der Waals surface area contributed by atoms with E-state index in [2.05, 4.69) is 149 Å². The van der Waals surface area contributed by atoms with Crippen molar-refractivity contribution >= 4 is 21.8 Å². The van der Waals surface area contributed by atoms with Crippen LogP contribution < -0.4 is 4.74 Å². The summed E-state index contributed by atoms with van der Waals surface area (Å²) in [5, 5.41) is 7.66. The number of hydrogen-bond acceptors (Lipinski definition) is 3. The highest BCUT2D eigenvalue weighted by atomic mass is 16.5. The molecule has 230 valence electrons. The minimum absolute atomic E-state index is 0.148. The van der Waals surface area contributed by atoms with E-state index in [1.165, 1.54) is 27.8 Å². The maximum Gasteiger partial charge on any atom is 0.137 e. The number of ether oxygens (including phenoxy) is 1. The number of aryl methyl sites for hydroxylation is 1. The van der Waals surface area contributed by atoms with Crippen LogP contribution in [-0.4, -0.2) is 19.3 Å². The van der Waals surface area contributed by atoms with Gasteiger partial charge in [0.15, 0.2) is 0 Å². The van der Waals surface area contributed by atoms with E-state index in [0.717, 1.165) is 45.1 Å². The van der Waals surface area contributed by atoms with Gasteiger partial charge in [-0.1, -0.05) is 96.1 Å². The molecule has 0 aliphatic carbocycles. The molecule has 5 heteroatoms. The van der Waals surface area contributed by atoms with Crippen LogP contribution in [0.1, 0.15) is 58.5 Å². The molecule has 0 radical (unpaired) electrons. The first-order chi connectivity index (χ1) is 22.0. The van der Waals surface area contributed by atoms with E-state index in [4.69, 9.17) is 14.8 Å². The Hall–Kier alpha value is -5.16. The Morgan fingerprint density at radius 1 is 0.630 bits per heavy atom. The van der Waals surface area contributed by atoms with Crippen molar-refractivity contribution in [2.24, 2.45) is 0 Å². The summed E-state index contributed by atoms with van der Waals surface area (Å²) in [6.45, 7) is 15.6. The monoisotopic (exact) mass is 604 g/mol. The molecule has 3 aromatic heterocycles. The lowest BCUT2D eigenvalue weighted by Crippen LogP contribution is -2.18. The number of fused-ring (bicyclic) bond motifs is 3. The van der Waals surface area contributed by atoms with Crippen molar-refractivity contribution in [3.63, 3.8) is 0 Å². The Balaban J connectivity index is 1.34. The number of para-hydroxylation sites is 1. The van der Waals surface area contributed by atoms with Gasteiger partial charge in [0.25, 0.3) is 0 Å². The predicted octanol–water partition coefficient (Wildman–Crippen LogP) is 10.7. The lowest BCUT2D eigenvalue weighted by molar-refractivity contribution is 0.482. The first kappa shape index (κ1) is 29.5. The van der Waals surface area contributed by atoms with Gasteiger partial charge in [0.1, 0.15) is 17.3 Å². The van der Waals surface area contributed by atoms with Crippen LogP contribution in [0.15, 0.2) is 115 Å². The fourth-order valence-electron chi connectivity index (χ4n) is 6.42. The second-order valence-corrected chi connectivity index (χ2v) is 14.2. The molecule has 7 aromatic rings. The SMILES string of the molecule is Cc1ccnc(-n2c3ccccc3c3ccc(Oc4cccc(-n5nc(C(C)(C)C)c(-c6ccccc6)c5C(C)(C)C)c4)cc32)c1. The first-order valence-corrected chi connectivity index (χ1v) is 15.9. The summed E-state index contributed by atoms with van der Waals surface area (Å²) in [7, 11) is 0. The zero-order valence-electron chi connectivity index (χ0n) is 27.7. The van der Waals surface area contributed by atoms with Crippen LogP contribution in [0.3, 0.4) is 0 Å². The Kier molecular flexibility index (Phi) is 7.08. The van der Waals surface area contributed by atoms with Crippen LogP contribution in [-0.2, 0) is 10.8 Å². The molecule has 0 unspecified atom stereocenters. The number of rotatable bonds is 5. The van der Waals surface area contributed by atoms with Crippen molar-refractivity contribution in [3.05, 3.63) is 132 Å². The Bertz CT molecular complexity index is 2210. The summed E-state index contributed by atoms with van der Waals surface area (Å²) in [5.41, 5.74) is 8.64. The van der Waals surface area contributed by atoms with Crippen molar-refractivity contribution in [3.8, 4) is 34.1 Å². The van der Waals surface area contributed by atoms with E-state index < -0.39 is 0 Å². The molecule has 0 bridgehead atoms. The minimum atomic E-state index is -0.166. The average Bonchev–Trinajstić information content (AvgIpc) is 3.59. The van der Waals surface area contributed by atoms with Crippen LogP contribution in [0, 0.1) is 6.92 Å². The number of aromatic nitrogens is 4. The van der Waals surface area contributed by atoms with Gasteiger partial charge in [-0.25, -0.2) is 9.67 Å². The molecule has 5 nitrogen and oxygen atoms in total. The van der Waals surface area contributed by atoms with Gasteiger partial charge in [-0.2, -0.15) is 5.10 Å². The first-order valence-electron chi connectivity index (χ1n) is 15.9. The molecule has 4 aromatic carbocycles.